The van der Waals surface area contributed by atoms with Crippen LogP contribution < -0.4 is 10.6 Å². The molecule has 0 radical (unpaired) electrons. The number of anilines is 2. The van der Waals surface area contributed by atoms with Gasteiger partial charge in [-0.2, -0.15) is 0 Å². The summed E-state index contributed by atoms with van der Waals surface area (Å²) in [5.74, 6) is 3.99. The van der Waals surface area contributed by atoms with Gasteiger partial charge in [0.1, 0.15) is 23.2 Å². The maximum Gasteiger partial charge on any atom is 0.213 e. The fraction of sp³-hybridized carbons (Fsp3) is 0.500. The lowest BCUT2D eigenvalue weighted by molar-refractivity contribution is 0.478. The van der Waals surface area contributed by atoms with Crippen LogP contribution in [0.4, 0.5) is 11.6 Å². The molecule has 0 fully saturated rings. The van der Waals surface area contributed by atoms with Crippen molar-refractivity contribution in [3.8, 4) is 0 Å². The van der Waals surface area contributed by atoms with E-state index < -0.39 is 0 Å². The van der Waals surface area contributed by atoms with Crippen LogP contribution >= 0.6 is 0 Å². The van der Waals surface area contributed by atoms with E-state index in [0.29, 0.717) is 12.4 Å². The first-order valence-corrected chi connectivity index (χ1v) is 6.77. The van der Waals surface area contributed by atoms with E-state index in [1.165, 1.54) is 0 Å². The van der Waals surface area contributed by atoms with Crippen LogP contribution in [0.5, 0.6) is 0 Å². The lowest BCUT2D eigenvalue weighted by Crippen LogP contribution is -2.09. The molecule has 2 aromatic heterocycles. The van der Waals surface area contributed by atoms with Gasteiger partial charge in [0.05, 0.1) is 12.2 Å². The van der Waals surface area contributed by atoms with E-state index >= 15 is 0 Å². The molecule has 2 rings (SSSR count). The van der Waals surface area contributed by atoms with Gasteiger partial charge >= 0.3 is 0 Å². The second kappa shape index (κ2) is 5.90. The van der Waals surface area contributed by atoms with Crippen LogP contribution in [0.25, 0.3) is 0 Å². The molecule has 2 N–H and O–H groups in total. The summed E-state index contributed by atoms with van der Waals surface area (Å²) < 4.78 is 5.56. The Morgan fingerprint density at radius 2 is 1.75 bits per heavy atom. The molecule has 2 heterocycles. The maximum atomic E-state index is 5.56. The zero-order valence-electron chi connectivity index (χ0n) is 12.7. The van der Waals surface area contributed by atoms with Gasteiger partial charge in [-0.05, 0) is 20.8 Å². The molecular formula is C14H21N5O. The number of hydrogen-bond acceptors (Lipinski definition) is 6. The summed E-state index contributed by atoms with van der Waals surface area (Å²) >= 11 is 0. The third-order valence-corrected chi connectivity index (χ3v) is 3.23. The molecule has 108 valence electrons. The van der Waals surface area contributed by atoms with Crippen molar-refractivity contribution < 1.29 is 4.42 Å². The topological polar surface area (TPSA) is 75.9 Å². The van der Waals surface area contributed by atoms with E-state index in [2.05, 4.69) is 25.6 Å². The first-order valence-electron chi connectivity index (χ1n) is 6.77. The largest absolute Gasteiger partial charge is 0.444 e. The third-order valence-electron chi connectivity index (χ3n) is 3.23. The van der Waals surface area contributed by atoms with Crippen LogP contribution in [-0.4, -0.2) is 22.0 Å². The van der Waals surface area contributed by atoms with E-state index in [9.17, 15) is 0 Å². The number of aromatic nitrogens is 3. The Morgan fingerprint density at radius 1 is 1.05 bits per heavy atom. The summed E-state index contributed by atoms with van der Waals surface area (Å²) in [6, 6.07) is 0. The molecule has 0 bridgehead atoms. The first-order chi connectivity index (χ1) is 9.55. The fourth-order valence-electron chi connectivity index (χ4n) is 1.91. The molecule has 0 amide bonds. The Hall–Kier alpha value is -2.11. The molecule has 6 nitrogen and oxygen atoms in total. The number of nitrogens with one attached hydrogen (secondary N) is 2. The molecule has 2 aromatic rings. The summed E-state index contributed by atoms with van der Waals surface area (Å²) in [5, 5.41) is 6.36. The molecule has 0 aliphatic rings. The second-order valence-electron chi connectivity index (χ2n) is 4.67. The second-order valence-corrected chi connectivity index (χ2v) is 4.67. The molecule has 20 heavy (non-hydrogen) atoms. The number of oxazole rings is 1. The lowest BCUT2D eigenvalue weighted by atomic mass is 10.3. The Kier molecular flexibility index (Phi) is 4.22. The lowest BCUT2D eigenvalue weighted by Gasteiger charge is -2.12. The summed E-state index contributed by atoms with van der Waals surface area (Å²) in [7, 11) is 1.86. The predicted molar refractivity (Wildman–Crippen MR) is 79.0 cm³/mol. The normalized spacial score (nSPS) is 10.7. The summed E-state index contributed by atoms with van der Waals surface area (Å²) in [5.41, 5.74) is 1.91. The van der Waals surface area contributed by atoms with Crippen LogP contribution in [0.2, 0.25) is 0 Å². The number of nitrogens with zero attached hydrogens (tertiary/aromatic N) is 3. The number of aryl methyl sites for hydroxylation is 3. The third kappa shape index (κ3) is 2.89. The molecule has 0 aliphatic heterocycles. The van der Waals surface area contributed by atoms with Gasteiger partial charge in [0.2, 0.25) is 5.89 Å². The highest BCUT2D eigenvalue weighted by Gasteiger charge is 2.11. The van der Waals surface area contributed by atoms with Crippen LogP contribution in [0.3, 0.4) is 0 Å². The maximum absolute atomic E-state index is 5.56. The highest BCUT2D eigenvalue weighted by atomic mass is 16.4. The van der Waals surface area contributed by atoms with Crippen molar-refractivity contribution in [3.05, 3.63) is 28.7 Å². The van der Waals surface area contributed by atoms with Crippen LogP contribution in [-0.2, 0) is 13.0 Å². The predicted octanol–water partition coefficient (Wildman–Crippen LogP) is 2.61. The van der Waals surface area contributed by atoms with Crippen molar-refractivity contribution >= 4 is 11.6 Å². The van der Waals surface area contributed by atoms with Gasteiger partial charge in [0.15, 0.2) is 0 Å². The summed E-state index contributed by atoms with van der Waals surface area (Å²) in [6.45, 7) is 8.38. The number of hydrogen-bond donors (Lipinski definition) is 2. The van der Waals surface area contributed by atoms with Gasteiger partial charge in [0.25, 0.3) is 0 Å². The van der Waals surface area contributed by atoms with Crippen LogP contribution in [0.1, 0.15) is 35.7 Å². The van der Waals surface area contributed by atoms with Crippen molar-refractivity contribution in [3.63, 3.8) is 0 Å². The van der Waals surface area contributed by atoms with E-state index in [-0.39, 0.29) is 0 Å². The highest BCUT2D eigenvalue weighted by Crippen LogP contribution is 2.20. The van der Waals surface area contributed by atoms with E-state index in [0.717, 1.165) is 40.9 Å². The molecule has 0 saturated heterocycles. The fourth-order valence-corrected chi connectivity index (χ4v) is 1.91. The smallest absolute Gasteiger partial charge is 0.213 e. The van der Waals surface area contributed by atoms with Crippen molar-refractivity contribution in [1.82, 2.24) is 15.0 Å². The Balaban J connectivity index is 2.20. The zero-order valence-corrected chi connectivity index (χ0v) is 12.7. The first kappa shape index (κ1) is 14.3. The quantitative estimate of drug-likeness (QED) is 0.873. The molecule has 0 atom stereocenters. The average Bonchev–Trinajstić information content (AvgIpc) is 2.76. The van der Waals surface area contributed by atoms with E-state index in [4.69, 9.17) is 4.42 Å². The molecule has 0 saturated carbocycles. The van der Waals surface area contributed by atoms with Gasteiger partial charge in [0, 0.05) is 19.0 Å². The van der Waals surface area contributed by atoms with E-state index in [1.807, 2.05) is 34.7 Å². The molecule has 0 spiro atoms. The molecule has 6 heteroatoms. The minimum absolute atomic E-state index is 0.513. The van der Waals surface area contributed by atoms with Crippen molar-refractivity contribution in [2.75, 3.05) is 17.7 Å². The van der Waals surface area contributed by atoms with Gasteiger partial charge in [-0.15, -0.1) is 0 Å². The van der Waals surface area contributed by atoms with Gasteiger partial charge in [-0.25, -0.2) is 15.0 Å². The Morgan fingerprint density at radius 3 is 2.30 bits per heavy atom. The summed E-state index contributed by atoms with van der Waals surface area (Å²) in [6.07, 6.45) is 0.793. The molecule has 0 aromatic carbocycles. The molecule has 0 aliphatic carbocycles. The minimum Gasteiger partial charge on any atom is -0.444 e. The zero-order chi connectivity index (χ0) is 14.7. The van der Waals surface area contributed by atoms with Crippen LogP contribution in [0, 0.1) is 20.8 Å². The average molecular weight is 275 g/mol. The van der Waals surface area contributed by atoms with E-state index in [1.54, 1.807) is 0 Å². The minimum atomic E-state index is 0.513. The summed E-state index contributed by atoms with van der Waals surface area (Å²) in [4.78, 5) is 13.3. The Bertz CT molecular complexity index is 586. The molecular weight excluding hydrogens is 254 g/mol. The van der Waals surface area contributed by atoms with Crippen molar-refractivity contribution in [2.45, 2.75) is 40.7 Å². The monoisotopic (exact) mass is 275 g/mol. The number of rotatable bonds is 5. The SMILES string of the molecule is CCc1nc(NC)c(C)c(NCc2nc(C)c(C)o2)n1. The molecule has 0 unspecified atom stereocenters. The van der Waals surface area contributed by atoms with Gasteiger partial charge in [-0.3, -0.25) is 0 Å². The van der Waals surface area contributed by atoms with Gasteiger partial charge < -0.3 is 15.1 Å². The standard InChI is InChI=1S/C14H21N5O/c1-6-11-18-13(15-5)8(2)14(19-11)16-7-12-17-9(3)10(4)20-12/h6-7H2,1-5H3,(H2,15,16,18,19). The highest BCUT2D eigenvalue weighted by molar-refractivity contribution is 5.56. The Labute approximate surface area is 119 Å². The van der Waals surface area contributed by atoms with Crippen LogP contribution in [0.15, 0.2) is 4.42 Å². The van der Waals surface area contributed by atoms with Crippen molar-refractivity contribution in [1.29, 1.82) is 0 Å². The van der Waals surface area contributed by atoms with Gasteiger partial charge in [-0.1, -0.05) is 6.92 Å². The van der Waals surface area contributed by atoms with Crippen molar-refractivity contribution in [2.24, 2.45) is 0 Å².